The molecule has 0 bridgehead atoms. The Hall–Kier alpha value is -1.66. The van der Waals surface area contributed by atoms with Gasteiger partial charge in [-0.25, -0.2) is 8.78 Å². The van der Waals surface area contributed by atoms with E-state index >= 15 is 0 Å². The summed E-state index contributed by atoms with van der Waals surface area (Å²) in [5.74, 6) is -5.95. The molecule has 0 unspecified atom stereocenters. The van der Waals surface area contributed by atoms with Gasteiger partial charge in [0, 0.05) is 12.1 Å². The van der Waals surface area contributed by atoms with E-state index in [9.17, 15) is 26.7 Å². The van der Waals surface area contributed by atoms with Gasteiger partial charge in [-0.2, -0.15) is 13.2 Å². The van der Waals surface area contributed by atoms with Crippen molar-refractivity contribution in [3.8, 4) is 5.75 Å². The minimum absolute atomic E-state index is 0.182. The Morgan fingerprint density at radius 2 is 1.81 bits per heavy atom. The van der Waals surface area contributed by atoms with E-state index in [1.165, 1.54) is 0 Å². The number of ketones is 1. The van der Waals surface area contributed by atoms with Crippen molar-refractivity contribution in [2.45, 2.75) is 6.18 Å². The fourth-order valence-corrected chi connectivity index (χ4v) is 1.07. The molecule has 1 aromatic rings. The van der Waals surface area contributed by atoms with Crippen LogP contribution in [0.25, 0.3) is 0 Å². The van der Waals surface area contributed by atoms with E-state index in [2.05, 4.69) is 4.74 Å². The number of hydrogen-bond donors (Lipinski definition) is 0. The summed E-state index contributed by atoms with van der Waals surface area (Å²) >= 11 is 0. The average molecular weight is 240 g/mol. The molecule has 7 heteroatoms. The lowest BCUT2D eigenvalue weighted by molar-refractivity contribution is -0.0889. The summed E-state index contributed by atoms with van der Waals surface area (Å²) in [4.78, 5) is 10.8. The molecule has 0 aromatic heterocycles. The van der Waals surface area contributed by atoms with Crippen LogP contribution in [0.1, 0.15) is 10.4 Å². The maximum absolute atomic E-state index is 13.0. The van der Waals surface area contributed by atoms with Gasteiger partial charge in [-0.15, -0.1) is 0 Å². The smallest absolute Gasteiger partial charge is 0.455 e. The summed E-state index contributed by atoms with van der Waals surface area (Å²) in [5.41, 5.74) is -1.32. The molecule has 0 radical (unpaired) electrons. The quantitative estimate of drug-likeness (QED) is 0.586. The molecule has 0 amide bonds. The largest absolute Gasteiger partial charge is 0.496 e. The monoisotopic (exact) mass is 240 g/mol. The third-order valence-corrected chi connectivity index (χ3v) is 1.72. The fourth-order valence-electron chi connectivity index (χ4n) is 1.07. The SMILES string of the molecule is COc1cc(F)cc(F)c1C(=O)C(F)(F)F. The first-order valence-corrected chi connectivity index (χ1v) is 3.92. The van der Waals surface area contributed by atoms with Gasteiger partial charge < -0.3 is 4.74 Å². The Bertz CT molecular complexity index is 425. The average Bonchev–Trinajstić information content (AvgIpc) is 2.14. The van der Waals surface area contributed by atoms with Gasteiger partial charge in [0.15, 0.2) is 0 Å². The Balaban J connectivity index is 3.38. The van der Waals surface area contributed by atoms with Crippen molar-refractivity contribution in [2.75, 3.05) is 7.11 Å². The summed E-state index contributed by atoms with van der Waals surface area (Å²) in [6.07, 6.45) is -5.24. The lowest BCUT2D eigenvalue weighted by Crippen LogP contribution is -2.24. The molecular weight excluding hydrogens is 235 g/mol. The second-order valence-electron chi connectivity index (χ2n) is 2.79. The maximum atomic E-state index is 13.0. The number of benzene rings is 1. The normalized spacial score (nSPS) is 11.4. The van der Waals surface area contributed by atoms with Gasteiger partial charge >= 0.3 is 6.18 Å². The van der Waals surface area contributed by atoms with Crippen molar-refractivity contribution in [3.63, 3.8) is 0 Å². The molecular formula is C9H5F5O2. The molecule has 0 atom stereocenters. The molecule has 1 aromatic carbocycles. The molecule has 0 aliphatic rings. The molecule has 0 aliphatic carbocycles. The number of hydrogen-bond acceptors (Lipinski definition) is 2. The third-order valence-electron chi connectivity index (χ3n) is 1.72. The van der Waals surface area contributed by atoms with Crippen molar-refractivity contribution in [1.29, 1.82) is 0 Å². The van der Waals surface area contributed by atoms with Crippen molar-refractivity contribution < 1.29 is 31.5 Å². The van der Waals surface area contributed by atoms with E-state index in [1.807, 2.05) is 0 Å². The zero-order chi connectivity index (χ0) is 12.5. The highest BCUT2D eigenvalue weighted by molar-refractivity contribution is 6.02. The van der Waals surface area contributed by atoms with Crippen LogP contribution in [0.2, 0.25) is 0 Å². The van der Waals surface area contributed by atoms with Crippen molar-refractivity contribution >= 4 is 5.78 Å². The number of carbonyl (C=O) groups is 1. The van der Waals surface area contributed by atoms with Crippen LogP contribution in [-0.2, 0) is 0 Å². The van der Waals surface area contributed by atoms with Crippen LogP contribution in [0.4, 0.5) is 22.0 Å². The first kappa shape index (κ1) is 12.4. The molecule has 2 nitrogen and oxygen atoms in total. The van der Waals surface area contributed by atoms with Crippen LogP contribution in [0.15, 0.2) is 12.1 Å². The van der Waals surface area contributed by atoms with Gasteiger partial charge in [0.25, 0.3) is 5.78 Å². The molecule has 0 saturated carbocycles. The number of rotatable bonds is 2. The fraction of sp³-hybridized carbons (Fsp3) is 0.222. The predicted octanol–water partition coefficient (Wildman–Crippen LogP) is 2.72. The van der Waals surface area contributed by atoms with E-state index in [-0.39, 0.29) is 6.07 Å². The molecule has 0 spiro atoms. The van der Waals surface area contributed by atoms with E-state index < -0.39 is 34.9 Å². The number of alkyl halides is 3. The minimum Gasteiger partial charge on any atom is -0.496 e. The zero-order valence-corrected chi connectivity index (χ0v) is 7.86. The summed E-state index contributed by atoms with van der Waals surface area (Å²) < 4.78 is 66.2. The first-order chi connectivity index (χ1) is 7.27. The Labute approximate surface area is 86.6 Å². The van der Waals surface area contributed by atoms with Crippen LogP contribution in [0.5, 0.6) is 5.75 Å². The minimum atomic E-state index is -5.24. The second kappa shape index (κ2) is 4.07. The van der Waals surface area contributed by atoms with E-state index in [4.69, 9.17) is 0 Å². The number of methoxy groups -OCH3 is 1. The highest BCUT2D eigenvalue weighted by atomic mass is 19.4. The summed E-state index contributed by atoms with van der Waals surface area (Å²) in [6.45, 7) is 0. The molecule has 0 fully saturated rings. The number of ether oxygens (including phenoxy) is 1. The van der Waals surface area contributed by atoms with Crippen LogP contribution in [-0.4, -0.2) is 19.1 Å². The van der Waals surface area contributed by atoms with E-state index in [0.717, 1.165) is 7.11 Å². The molecule has 88 valence electrons. The van der Waals surface area contributed by atoms with Gasteiger partial charge in [-0.05, 0) is 0 Å². The standard InChI is InChI=1S/C9H5F5O2/c1-16-6-3-4(10)2-5(11)7(6)8(15)9(12,13)14/h2-3H,1H3. The Morgan fingerprint density at radius 3 is 2.25 bits per heavy atom. The highest BCUT2D eigenvalue weighted by Gasteiger charge is 2.42. The maximum Gasteiger partial charge on any atom is 0.455 e. The number of Topliss-reactive ketones (excluding diaryl/α,β-unsaturated/α-hetero) is 1. The van der Waals surface area contributed by atoms with Crippen molar-refractivity contribution in [1.82, 2.24) is 0 Å². The summed E-state index contributed by atoms with van der Waals surface area (Å²) in [7, 11) is 0.904. The first-order valence-electron chi connectivity index (χ1n) is 3.92. The molecule has 0 N–H and O–H groups in total. The van der Waals surface area contributed by atoms with Crippen LogP contribution < -0.4 is 4.74 Å². The molecule has 1 rings (SSSR count). The third kappa shape index (κ3) is 2.29. The Kier molecular flexibility index (Phi) is 3.16. The van der Waals surface area contributed by atoms with Gasteiger partial charge in [-0.1, -0.05) is 0 Å². The van der Waals surface area contributed by atoms with Gasteiger partial charge in [0.1, 0.15) is 22.9 Å². The number of carbonyl (C=O) groups excluding carboxylic acids is 1. The van der Waals surface area contributed by atoms with E-state index in [0.29, 0.717) is 6.07 Å². The van der Waals surface area contributed by atoms with Crippen LogP contribution >= 0.6 is 0 Å². The number of halogens is 5. The van der Waals surface area contributed by atoms with Crippen molar-refractivity contribution in [2.24, 2.45) is 0 Å². The van der Waals surface area contributed by atoms with Crippen molar-refractivity contribution in [3.05, 3.63) is 29.3 Å². The topological polar surface area (TPSA) is 26.3 Å². The van der Waals surface area contributed by atoms with Crippen LogP contribution in [0.3, 0.4) is 0 Å². The molecule has 16 heavy (non-hydrogen) atoms. The van der Waals surface area contributed by atoms with Gasteiger partial charge in [-0.3, -0.25) is 4.79 Å². The summed E-state index contributed by atoms with van der Waals surface area (Å²) in [5, 5.41) is 0. The molecule has 0 heterocycles. The van der Waals surface area contributed by atoms with Gasteiger partial charge in [0.2, 0.25) is 0 Å². The predicted molar refractivity (Wildman–Crippen MR) is 43.3 cm³/mol. The highest BCUT2D eigenvalue weighted by Crippen LogP contribution is 2.30. The molecule has 0 saturated heterocycles. The second-order valence-corrected chi connectivity index (χ2v) is 2.79. The Morgan fingerprint density at radius 1 is 1.25 bits per heavy atom. The summed E-state index contributed by atoms with van der Waals surface area (Å²) in [6, 6.07) is 0.684. The van der Waals surface area contributed by atoms with Crippen LogP contribution in [0, 0.1) is 11.6 Å². The zero-order valence-electron chi connectivity index (χ0n) is 7.86. The lowest BCUT2D eigenvalue weighted by atomic mass is 10.1. The lowest BCUT2D eigenvalue weighted by Gasteiger charge is -2.10. The van der Waals surface area contributed by atoms with Gasteiger partial charge in [0.05, 0.1) is 7.11 Å². The molecule has 0 aliphatic heterocycles. The van der Waals surface area contributed by atoms with E-state index in [1.54, 1.807) is 0 Å².